The number of hydrogen-bond donors (Lipinski definition) is 2. The quantitative estimate of drug-likeness (QED) is 0.886. The van der Waals surface area contributed by atoms with Crippen LogP contribution in [0.3, 0.4) is 0 Å². The second kappa shape index (κ2) is 7.28. The number of carbonyl (C=O) groups is 1. The van der Waals surface area contributed by atoms with E-state index in [9.17, 15) is 4.79 Å². The summed E-state index contributed by atoms with van der Waals surface area (Å²) in [6, 6.07) is 11.5. The van der Waals surface area contributed by atoms with Gasteiger partial charge < -0.3 is 15.4 Å². The fraction of sp³-hybridized carbons (Fsp3) is 0.250. The van der Waals surface area contributed by atoms with Crippen LogP contribution in [0, 0.1) is 6.92 Å². The first-order chi connectivity index (χ1) is 10.2. The monoisotopic (exact) mass is 285 g/mol. The molecular weight excluding hydrogens is 266 g/mol. The molecule has 0 unspecified atom stereocenters. The Balaban J connectivity index is 1.76. The van der Waals surface area contributed by atoms with Gasteiger partial charge in [0.25, 0.3) is 0 Å². The van der Waals surface area contributed by atoms with Crippen molar-refractivity contribution < 1.29 is 9.53 Å². The third-order valence-electron chi connectivity index (χ3n) is 3.00. The number of aryl methyl sites for hydroxylation is 1. The van der Waals surface area contributed by atoms with Gasteiger partial charge in [-0.1, -0.05) is 35.9 Å². The van der Waals surface area contributed by atoms with Gasteiger partial charge in [0, 0.05) is 25.4 Å². The number of rotatable bonds is 5. The molecule has 2 N–H and O–H groups in total. The number of benzene rings is 1. The Morgan fingerprint density at radius 1 is 1.14 bits per heavy atom. The van der Waals surface area contributed by atoms with Crippen molar-refractivity contribution >= 4 is 6.03 Å². The van der Waals surface area contributed by atoms with E-state index in [2.05, 4.69) is 15.6 Å². The summed E-state index contributed by atoms with van der Waals surface area (Å²) in [4.78, 5) is 15.8. The minimum Gasteiger partial charge on any atom is -0.481 e. The van der Waals surface area contributed by atoms with E-state index in [1.54, 1.807) is 19.4 Å². The maximum absolute atomic E-state index is 11.7. The molecule has 0 aliphatic rings. The molecular formula is C16H19N3O2. The van der Waals surface area contributed by atoms with Gasteiger partial charge in [-0.3, -0.25) is 0 Å². The molecule has 1 heterocycles. The molecule has 0 aliphatic carbocycles. The predicted molar refractivity (Wildman–Crippen MR) is 81.0 cm³/mol. The van der Waals surface area contributed by atoms with Crippen LogP contribution in [0.5, 0.6) is 5.88 Å². The fourth-order valence-electron chi connectivity index (χ4n) is 1.89. The molecule has 0 aliphatic heterocycles. The molecule has 5 nitrogen and oxygen atoms in total. The van der Waals surface area contributed by atoms with Crippen molar-refractivity contribution in [3.05, 3.63) is 59.3 Å². The van der Waals surface area contributed by atoms with E-state index in [0.717, 1.165) is 11.1 Å². The maximum Gasteiger partial charge on any atom is 0.315 e. The number of hydrogen-bond acceptors (Lipinski definition) is 3. The zero-order chi connectivity index (χ0) is 15.1. The molecule has 1 aromatic carbocycles. The van der Waals surface area contributed by atoms with Crippen molar-refractivity contribution in [2.45, 2.75) is 20.0 Å². The number of nitrogens with zero attached hydrogens (tertiary/aromatic N) is 1. The fourth-order valence-corrected chi connectivity index (χ4v) is 1.89. The summed E-state index contributed by atoms with van der Waals surface area (Å²) in [6.07, 6.45) is 1.68. The molecule has 0 spiro atoms. The van der Waals surface area contributed by atoms with Crippen molar-refractivity contribution in [3.8, 4) is 5.88 Å². The molecule has 0 saturated carbocycles. The molecule has 2 rings (SSSR count). The van der Waals surface area contributed by atoms with Gasteiger partial charge in [0.1, 0.15) is 0 Å². The Labute approximate surface area is 124 Å². The molecule has 110 valence electrons. The SMILES string of the molecule is COc1ccc(CNC(=O)NCc2cccc(C)c2)cn1. The number of pyridine rings is 1. The number of nitrogens with one attached hydrogen (secondary N) is 2. The van der Waals surface area contributed by atoms with E-state index in [1.165, 1.54) is 5.56 Å². The van der Waals surface area contributed by atoms with E-state index in [1.807, 2.05) is 37.3 Å². The average molecular weight is 285 g/mol. The number of carbonyl (C=O) groups excluding carboxylic acids is 1. The molecule has 0 bridgehead atoms. The number of aromatic nitrogens is 1. The maximum atomic E-state index is 11.7. The van der Waals surface area contributed by atoms with Gasteiger partial charge in [0.05, 0.1) is 7.11 Å². The largest absolute Gasteiger partial charge is 0.481 e. The Morgan fingerprint density at radius 3 is 2.52 bits per heavy atom. The molecule has 0 radical (unpaired) electrons. The summed E-state index contributed by atoms with van der Waals surface area (Å²) in [5, 5.41) is 5.61. The van der Waals surface area contributed by atoms with E-state index < -0.39 is 0 Å². The van der Waals surface area contributed by atoms with E-state index in [4.69, 9.17) is 4.74 Å². The van der Waals surface area contributed by atoms with Gasteiger partial charge in [0.2, 0.25) is 5.88 Å². The molecule has 1 aromatic heterocycles. The first kappa shape index (κ1) is 14.8. The number of amides is 2. The highest BCUT2D eigenvalue weighted by molar-refractivity contribution is 5.73. The van der Waals surface area contributed by atoms with Crippen LogP contribution in [0.25, 0.3) is 0 Å². The lowest BCUT2D eigenvalue weighted by Crippen LogP contribution is -2.34. The van der Waals surface area contributed by atoms with Gasteiger partial charge in [-0.05, 0) is 18.1 Å². The third-order valence-corrected chi connectivity index (χ3v) is 3.00. The van der Waals surface area contributed by atoms with Crippen LogP contribution >= 0.6 is 0 Å². The lowest BCUT2D eigenvalue weighted by atomic mass is 10.1. The van der Waals surface area contributed by atoms with Crippen LogP contribution in [-0.2, 0) is 13.1 Å². The Bertz CT molecular complexity index is 597. The van der Waals surface area contributed by atoms with Gasteiger partial charge in [0.15, 0.2) is 0 Å². The molecule has 5 heteroatoms. The lowest BCUT2D eigenvalue weighted by Gasteiger charge is -2.08. The summed E-state index contributed by atoms with van der Waals surface area (Å²) in [5.74, 6) is 0.558. The van der Waals surface area contributed by atoms with Crippen molar-refractivity contribution in [1.29, 1.82) is 0 Å². The summed E-state index contributed by atoms with van der Waals surface area (Å²) in [5.41, 5.74) is 3.18. The second-order valence-electron chi connectivity index (χ2n) is 4.73. The Morgan fingerprint density at radius 2 is 1.90 bits per heavy atom. The van der Waals surface area contributed by atoms with Gasteiger partial charge >= 0.3 is 6.03 Å². The summed E-state index contributed by atoms with van der Waals surface area (Å²) >= 11 is 0. The van der Waals surface area contributed by atoms with E-state index in [0.29, 0.717) is 19.0 Å². The zero-order valence-electron chi connectivity index (χ0n) is 12.2. The molecule has 0 saturated heterocycles. The average Bonchev–Trinajstić information content (AvgIpc) is 2.51. The molecule has 0 atom stereocenters. The van der Waals surface area contributed by atoms with Crippen LogP contribution in [-0.4, -0.2) is 18.1 Å². The Hall–Kier alpha value is -2.56. The predicted octanol–water partition coefficient (Wildman–Crippen LogP) is 2.40. The minimum atomic E-state index is -0.202. The van der Waals surface area contributed by atoms with Crippen LogP contribution in [0.1, 0.15) is 16.7 Å². The third kappa shape index (κ3) is 4.80. The normalized spacial score (nSPS) is 10.0. The van der Waals surface area contributed by atoms with Crippen molar-refractivity contribution in [1.82, 2.24) is 15.6 Å². The minimum absolute atomic E-state index is 0.202. The summed E-state index contributed by atoms with van der Waals surface area (Å²) in [6.45, 7) is 2.96. The molecule has 0 fully saturated rings. The van der Waals surface area contributed by atoms with Gasteiger partial charge in [-0.15, -0.1) is 0 Å². The second-order valence-corrected chi connectivity index (χ2v) is 4.73. The molecule has 2 aromatic rings. The van der Waals surface area contributed by atoms with Crippen molar-refractivity contribution in [3.63, 3.8) is 0 Å². The first-order valence-electron chi connectivity index (χ1n) is 6.73. The van der Waals surface area contributed by atoms with Crippen molar-refractivity contribution in [2.75, 3.05) is 7.11 Å². The van der Waals surface area contributed by atoms with Gasteiger partial charge in [-0.25, -0.2) is 9.78 Å². The summed E-state index contributed by atoms with van der Waals surface area (Å²) in [7, 11) is 1.57. The topological polar surface area (TPSA) is 63.2 Å². The van der Waals surface area contributed by atoms with Crippen molar-refractivity contribution in [2.24, 2.45) is 0 Å². The first-order valence-corrected chi connectivity index (χ1v) is 6.73. The van der Waals surface area contributed by atoms with E-state index >= 15 is 0 Å². The number of urea groups is 1. The molecule has 2 amide bonds. The molecule has 21 heavy (non-hydrogen) atoms. The van der Waals surface area contributed by atoms with E-state index in [-0.39, 0.29) is 6.03 Å². The Kier molecular flexibility index (Phi) is 5.15. The van der Waals surface area contributed by atoms with Crippen LogP contribution < -0.4 is 15.4 Å². The van der Waals surface area contributed by atoms with Gasteiger partial charge in [-0.2, -0.15) is 0 Å². The smallest absolute Gasteiger partial charge is 0.315 e. The number of ether oxygens (including phenoxy) is 1. The standard InChI is InChI=1S/C16H19N3O2/c1-12-4-3-5-13(8-12)9-18-16(20)19-11-14-6-7-15(21-2)17-10-14/h3-8,10H,9,11H2,1-2H3,(H2,18,19,20). The summed E-state index contributed by atoms with van der Waals surface area (Å²) < 4.78 is 4.98. The van der Waals surface area contributed by atoms with Crippen LogP contribution in [0.4, 0.5) is 4.79 Å². The highest BCUT2D eigenvalue weighted by atomic mass is 16.5. The van der Waals surface area contributed by atoms with Crippen LogP contribution in [0.15, 0.2) is 42.6 Å². The highest BCUT2D eigenvalue weighted by Crippen LogP contribution is 2.06. The zero-order valence-corrected chi connectivity index (χ0v) is 12.2. The highest BCUT2D eigenvalue weighted by Gasteiger charge is 2.01. The lowest BCUT2D eigenvalue weighted by molar-refractivity contribution is 0.240. The number of methoxy groups -OCH3 is 1. The van der Waals surface area contributed by atoms with Crippen LogP contribution in [0.2, 0.25) is 0 Å².